The molecule has 0 unspecified atom stereocenters. The summed E-state index contributed by atoms with van der Waals surface area (Å²) in [6.07, 6.45) is 0.803. The minimum atomic E-state index is 0.0141. The van der Waals surface area contributed by atoms with Crippen molar-refractivity contribution in [2.75, 3.05) is 5.73 Å². The second kappa shape index (κ2) is 7.08. The van der Waals surface area contributed by atoms with Crippen LogP contribution in [0.25, 0.3) is 10.4 Å². The predicted molar refractivity (Wildman–Crippen MR) is 112 cm³/mol. The summed E-state index contributed by atoms with van der Waals surface area (Å²) in [5.74, 6) is 0.0141. The van der Waals surface area contributed by atoms with Crippen molar-refractivity contribution < 1.29 is 4.79 Å². The number of nitrogen functional groups attached to an aromatic ring is 1. The lowest BCUT2D eigenvalue weighted by atomic mass is 9.84. The van der Waals surface area contributed by atoms with Gasteiger partial charge in [-0.15, -0.1) is 11.3 Å². The Morgan fingerprint density at radius 3 is 2.19 bits per heavy atom. The molecule has 1 aromatic heterocycles. The van der Waals surface area contributed by atoms with Crippen molar-refractivity contribution in [3.8, 4) is 10.4 Å². The van der Waals surface area contributed by atoms with Gasteiger partial charge in [0.15, 0.2) is 5.78 Å². The van der Waals surface area contributed by atoms with Crippen LogP contribution in [0.5, 0.6) is 0 Å². The molecular weight excluding hydrogens is 338 g/mol. The molecule has 134 valence electrons. The van der Waals surface area contributed by atoms with Gasteiger partial charge in [0.05, 0.1) is 10.6 Å². The maximum atomic E-state index is 13.3. The zero-order valence-corrected chi connectivity index (χ0v) is 16.6. The zero-order chi connectivity index (χ0) is 18.9. The molecule has 2 nitrogen and oxygen atoms in total. The third kappa shape index (κ3) is 3.88. The molecule has 1 heterocycles. The van der Waals surface area contributed by atoms with E-state index in [-0.39, 0.29) is 11.2 Å². The molecule has 0 aliphatic carbocycles. The van der Waals surface area contributed by atoms with Crippen LogP contribution in [0.4, 0.5) is 5.00 Å². The average molecular weight is 364 g/mol. The van der Waals surface area contributed by atoms with Gasteiger partial charge >= 0.3 is 0 Å². The van der Waals surface area contributed by atoms with E-state index >= 15 is 0 Å². The van der Waals surface area contributed by atoms with Crippen LogP contribution in [0.2, 0.25) is 0 Å². The fourth-order valence-corrected chi connectivity index (χ4v) is 4.19. The number of rotatable bonds is 4. The minimum Gasteiger partial charge on any atom is -0.390 e. The van der Waals surface area contributed by atoms with Crippen LogP contribution in [0.1, 0.15) is 47.8 Å². The fourth-order valence-electron chi connectivity index (χ4n) is 3.10. The van der Waals surface area contributed by atoms with Gasteiger partial charge in [-0.3, -0.25) is 4.79 Å². The molecule has 0 aliphatic rings. The quantitative estimate of drug-likeness (QED) is 0.567. The van der Waals surface area contributed by atoms with E-state index in [1.807, 2.05) is 49.4 Å². The molecule has 0 atom stereocenters. The third-order valence-electron chi connectivity index (χ3n) is 4.32. The molecule has 2 aromatic carbocycles. The summed E-state index contributed by atoms with van der Waals surface area (Å²) in [4.78, 5) is 14.4. The molecule has 0 amide bonds. The molecular formula is C23H25NOS. The van der Waals surface area contributed by atoms with Crippen LogP contribution in [0.3, 0.4) is 0 Å². The third-order valence-corrected chi connectivity index (χ3v) is 5.43. The Labute approximate surface area is 159 Å². The Balaban J connectivity index is 2.16. The van der Waals surface area contributed by atoms with Crippen LogP contribution in [0.15, 0.2) is 54.6 Å². The maximum absolute atomic E-state index is 13.3. The van der Waals surface area contributed by atoms with Gasteiger partial charge in [-0.1, -0.05) is 80.9 Å². The minimum absolute atomic E-state index is 0.0141. The molecule has 0 saturated heterocycles. The highest BCUT2D eigenvalue weighted by molar-refractivity contribution is 7.20. The summed E-state index contributed by atoms with van der Waals surface area (Å²) in [7, 11) is 0. The SMILES string of the molecule is Cc1ccc(C(=O)c2c(N)sc(-c3ccccc3)c2CC(C)(C)C)cc1. The topological polar surface area (TPSA) is 43.1 Å². The molecule has 3 aromatic rings. The molecule has 0 radical (unpaired) electrons. The van der Waals surface area contributed by atoms with Crippen molar-refractivity contribution in [1.29, 1.82) is 0 Å². The van der Waals surface area contributed by atoms with E-state index in [0.29, 0.717) is 16.1 Å². The number of benzene rings is 2. The number of ketones is 1. The van der Waals surface area contributed by atoms with Crippen LogP contribution >= 0.6 is 11.3 Å². The van der Waals surface area contributed by atoms with E-state index < -0.39 is 0 Å². The van der Waals surface area contributed by atoms with Crippen LogP contribution < -0.4 is 5.73 Å². The van der Waals surface area contributed by atoms with E-state index in [0.717, 1.165) is 28.0 Å². The van der Waals surface area contributed by atoms with E-state index in [4.69, 9.17) is 5.73 Å². The summed E-state index contributed by atoms with van der Waals surface area (Å²) >= 11 is 1.52. The molecule has 2 N–H and O–H groups in total. The number of carbonyl (C=O) groups excluding carboxylic acids is 1. The van der Waals surface area contributed by atoms with E-state index in [1.165, 1.54) is 11.3 Å². The van der Waals surface area contributed by atoms with Gasteiger partial charge in [-0.2, -0.15) is 0 Å². The molecule has 26 heavy (non-hydrogen) atoms. The Hall–Kier alpha value is -2.39. The van der Waals surface area contributed by atoms with Crippen molar-refractivity contribution >= 4 is 22.1 Å². The number of nitrogens with two attached hydrogens (primary N) is 1. The molecule has 3 heteroatoms. The first-order valence-electron chi connectivity index (χ1n) is 8.84. The monoisotopic (exact) mass is 363 g/mol. The largest absolute Gasteiger partial charge is 0.390 e. The lowest BCUT2D eigenvalue weighted by molar-refractivity contribution is 0.103. The first-order chi connectivity index (χ1) is 12.3. The predicted octanol–water partition coefficient (Wildman–Crippen LogP) is 6.13. The Bertz CT molecular complexity index is 915. The lowest BCUT2D eigenvalue weighted by Gasteiger charge is -2.20. The maximum Gasteiger partial charge on any atom is 0.196 e. The molecule has 0 saturated carbocycles. The Kier molecular flexibility index (Phi) is 5.01. The van der Waals surface area contributed by atoms with E-state index in [9.17, 15) is 4.79 Å². The fraction of sp³-hybridized carbons (Fsp3) is 0.261. The number of carbonyl (C=O) groups is 1. The second-order valence-corrected chi connectivity index (χ2v) is 9.00. The van der Waals surface area contributed by atoms with Gasteiger partial charge in [-0.05, 0) is 29.9 Å². The van der Waals surface area contributed by atoms with Crippen LogP contribution in [0, 0.1) is 12.3 Å². The van der Waals surface area contributed by atoms with Crippen LogP contribution in [-0.2, 0) is 6.42 Å². The van der Waals surface area contributed by atoms with E-state index in [1.54, 1.807) is 0 Å². The van der Waals surface area contributed by atoms with Crippen molar-refractivity contribution in [3.05, 3.63) is 76.9 Å². The first-order valence-corrected chi connectivity index (χ1v) is 9.66. The molecule has 0 fully saturated rings. The number of thiophene rings is 1. The summed E-state index contributed by atoms with van der Waals surface area (Å²) in [6, 6.07) is 17.9. The summed E-state index contributed by atoms with van der Waals surface area (Å²) in [5, 5.41) is 0.605. The van der Waals surface area contributed by atoms with Crippen LogP contribution in [-0.4, -0.2) is 5.78 Å². The highest BCUT2D eigenvalue weighted by atomic mass is 32.1. The van der Waals surface area contributed by atoms with Crippen molar-refractivity contribution in [1.82, 2.24) is 0 Å². The summed E-state index contributed by atoms with van der Waals surface area (Å²) in [5.41, 5.74) is 11.1. The van der Waals surface area contributed by atoms with Gasteiger partial charge in [0.2, 0.25) is 0 Å². The van der Waals surface area contributed by atoms with Gasteiger partial charge in [-0.25, -0.2) is 0 Å². The number of anilines is 1. The van der Waals surface area contributed by atoms with E-state index in [2.05, 4.69) is 32.9 Å². The van der Waals surface area contributed by atoms with Crippen molar-refractivity contribution in [3.63, 3.8) is 0 Å². The number of hydrogen-bond donors (Lipinski definition) is 1. The second-order valence-electron chi connectivity index (χ2n) is 7.95. The first kappa shape index (κ1) is 18.4. The van der Waals surface area contributed by atoms with Gasteiger partial charge in [0.1, 0.15) is 0 Å². The zero-order valence-electron chi connectivity index (χ0n) is 15.8. The average Bonchev–Trinajstić information content (AvgIpc) is 2.90. The van der Waals surface area contributed by atoms with Gasteiger partial charge in [0.25, 0.3) is 0 Å². The highest BCUT2D eigenvalue weighted by Gasteiger charge is 2.27. The molecule has 0 spiro atoms. The van der Waals surface area contributed by atoms with Gasteiger partial charge < -0.3 is 5.73 Å². The number of hydrogen-bond acceptors (Lipinski definition) is 3. The van der Waals surface area contributed by atoms with Crippen molar-refractivity contribution in [2.24, 2.45) is 5.41 Å². The highest BCUT2D eigenvalue weighted by Crippen LogP contribution is 2.42. The smallest absolute Gasteiger partial charge is 0.196 e. The summed E-state index contributed by atoms with van der Waals surface area (Å²) < 4.78 is 0. The van der Waals surface area contributed by atoms with Crippen molar-refractivity contribution in [2.45, 2.75) is 34.1 Å². The molecule has 3 rings (SSSR count). The lowest BCUT2D eigenvalue weighted by Crippen LogP contribution is -2.14. The molecule has 0 aliphatic heterocycles. The summed E-state index contributed by atoms with van der Waals surface area (Å²) in [6.45, 7) is 8.59. The number of aryl methyl sites for hydroxylation is 1. The standard InChI is InChI=1S/C23H25NOS/c1-15-10-12-16(13-11-15)20(25)19-18(14-23(2,3)4)21(26-22(19)24)17-8-6-5-7-9-17/h5-13H,14,24H2,1-4H3. The Morgan fingerprint density at radius 2 is 1.62 bits per heavy atom. The molecule has 0 bridgehead atoms. The normalized spacial score (nSPS) is 11.5. The van der Waals surface area contributed by atoms with Gasteiger partial charge in [0, 0.05) is 10.4 Å². The Morgan fingerprint density at radius 1 is 1.00 bits per heavy atom.